The molecule has 0 amide bonds. The monoisotopic (exact) mass is 444 g/mol. The SMILES string of the molecule is CN1CC[C@@H](Nc2cccn3c(SC(F)(F)F)c(-c4noc(CN)n4)cc23)[C@@H](F)C1. The number of hydrogen-bond donors (Lipinski definition) is 2. The number of nitrogens with zero attached hydrogens (tertiary/aromatic N) is 4. The Hall–Kier alpha value is -2.31. The molecule has 0 spiro atoms. The average molecular weight is 444 g/mol. The van der Waals surface area contributed by atoms with Crippen molar-refractivity contribution in [3.05, 3.63) is 30.3 Å². The molecule has 0 bridgehead atoms. The molecule has 12 heteroatoms. The standard InChI is InChI=1S/C18H20F4N6OS/c1-27-6-4-12(11(19)9-27)24-13-3-2-5-28-14(13)7-10(17(28)30-18(20,21)22)16-25-15(8-23)29-26-16/h2-3,5,7,11-12,24H,4,6,8-9,23H2,1H3/t11-,12+/m0/s1. The first kappa shape index (κ1) is 20.9. The molecule has 30 heavy (non-hydrogen) atoms. The van der Waals surface area contributed by atoms with Crippen LogP contribution < -0.4 is 11.1 Å². The van der Waals surface area contributed by atoms with E-state index in [1.165, 1.54) is 10.6 Å². The van der Waals surface area contributed by atoms with E-state index in [1.54, 1.807) is 18.2 Å². The van der Waals surface area contributed by atoms with Gasteiger partial charge in [-0.25, -0.2) is 4.39 Å². The minimum atomic E-state index is -4.52. The molecule has 162 valence electrons. The highest BCUT2D eigenvalue weighted by Crippen LogP contribution is 2.43. The Bertz CT molecular complexity index is 1040. The Labute approximate surface area is 173 Å². The van der Waals surface area contributed by atoms with E-state index in [4.69, 9.17) is 10.3 Å². The summed E-state index contributed by atoms with van der Waals surface area (Å²) in [4.78, 5) is 5.97. The number of piperidine rings is 1. The molecule has 1 aliphatic heterocycles. The molecule has 0 aliphatic carbocycles. The lowest BCUT2D eigenvalue weighted by atomic mass is 10.0. The van der Waals surface area contributed by atoms with E-state index >= 15 is 0 Å². The number of halogens is 4. The second kappa shape index (κ2) is 8.08. The number of thioether (sulfide) groups is 1. The molecule has 0 aromatic carbocycles. The van der Waals surface area contributed by atoms with Crippen molar-refractivity contribution < 1.29 is 22.1 Å². The fourth-order valence-electron chi connectivity index (χ4n) is 3.54. The highest BCUT2D eigenvalue weighted by Gasteiger charge is 2.34. The van der Waals surface area contributed by atoms with Crippen LogP contribution in [0.4, 0.5) is 23.2 Å². The van der Waals surface area contributed by atoms with Gasteiger partial charge in [0.2, 0.25) is 11.7 Å². The molecule has 1 fully saturated rings. The molecule has 3 aromatic rings. The van der Waals surface area contributed by atoms with E-state index in [2.05, 4.69) is 15.5 Å². The van der Waals surface area contributed by atoms with Gasteiger partial charge in [0.25, 0.3) is 0 Å². The molecule has 4 heterocycles. The maximum Gasteiger partial charge on any atom is 0.447 e. The molecule has 0 radical (unpaired) electrons. The quantitative estimate of drug-likeness (QED) is 0.460. The Kier molecular flexibility index (Phi) is 5.64. The topological polar surface area (TPSA) is 84.6 Å². The average Bonchev–Trinajstić information content (AvgIpc) is 3.28. The summed E-state index contributed by atoms with van der Waals surface area (Å²) < 4.78 is 60.7. The van der Waals surface area contributed by atoms with Crippen LogP contribution in [0, 0.1) is 0 Å². The Morgan fingerprint density at radius 3 is 2.87 bits per heavy atom. The summed E-state index contributed by atoms with van der Waals surface area (Å²) in [5.74, 6) is 0.132. The minimum Gasteiger partial charge on any atom is -0.378 e. The lowest BCUT2D eigenvalue weighted by molar-refractivity contribution is -0.0329. The molecule has 7 nitrogen and oxygen atoms in total. The van der Waals surface area contributed by atoms with Gasteiger partial charge >= 0.3 is 5.51 Å². The number of likely N-dealkylation sites (tertiary alicyclic amines) is 1. The maximum atomic E-state index is 14.5. The largest absolute Gasteiger partial charge is 0.447 e. The third-order valence-corrected chi connectivity index (χ3v) is 5.79. The number of nitrogens with two attached hydrogens (primary N) is 1. The van der Waals surface area contributed by atoms with Crippen LogP contribution in [-0.2, 0) is 6.54 Å². The van der Waals surface area contributed by atoms with E-state index in [0.717, 1.165) is 6.54 Å². The summed E-state index contributed by atoms with van der Waals surface area (Å²) in [6, 6.07) is 4.44. The van der Waals surface area contributed by atoms with Crippen LogP contribution in [0.3, 0.4) is 0 Å². The summed E-state index contributed by atoms with van der Waals surface area (Å²) in [5.41, 5.74) is 2.11. The first-order valence-corrected chi connectivity index (χ1v) is 10.1. The fourth-order valence-corrected chi connectivity index (χ4v) is 4.27. The first-order chi connectivity index (χ1) is 14.2. The molecule has 3 N–H and O–H groups in total. The Balaban J connectivity index is 1.77. The number of nitrogens with one attached hydrogen (secondary N) is 1. The smallest absolute Gasteiger partial charge is 0.378 e. The first-order valence-electron chi connectivity index (χ1n) is 9.27. The number of alkyl halides is 4. The van der Waals surface area contributed by atoms with E-state index in [1.807, 2.05) is 11.9 Å². The summed E-state index contributed by atoms with van der Waals surface area (Å²) in [6.45, 7) is 1.00. The van der Waals surface area contributed by atoms with Crippen molar-refractivity contribution in [3.63, 3.8) is 0 Å². The summed E-state index contributed by atoms with van der Waals surface area (Å²) in [7, 11) is 1.85. The zero-order chi connectivity index (χ0) is 21.5. The molecule has 2 atom stereocenters. The molecule has 4 rings (SSSR count). The molecule has 0 unspecified atom stereocenters. The highest BCUT2D eigenvalue weighted by molar-refractivity contribution is 8.00. The van der Waals surface area contributed by atoms with Crippen LogP contribution in [0.15, 0.2) is 33.9 Å². The summed E-state index contributed by atoms with van der Waals surface area (Å²) >= 11 is -0.268. The van der Waals surface area contributed by atoms with Crippen LogP contribution in [-0.4, -0.2) is 57.3 Å². The van der Waals surface area contributed by atoms with Crippen LogP contribution in [0.2, 0.25) is 0 Å². The van der Waals surface area contributed by atoms with Crippen molar-refractivity contribution in [2.45, 2.75) is 35.7 Å². The predicted molar refractivity (Wildman–Crippen MR) is 105 cm³/mol. The number of aromatic nitrogens is 3. The van der Waals surface area contributed by atoms with E-state index in [0.29, 0.717) is 24.2 Å². The number of anilines is 1. The van der Waals surface area contributed by atoms with E-state index in [-0.39, 0.29) is 40.6 Å². The predicted octanol–water partition coefficient (Wildman–Crippen LogP) is 3.51. The molecule has 0 saturated carbocycles. The van der Waals surface area contributed by atoms with Gasteiger partial charge in [0, 0.05) is 31.0 Å². The zero-order valence-electron chi connectivity index (χ0n) is 16.0. The third-order valence-electron chi connectivity index (χ3n) is 4.95. The summed E-state index contributed by atoms with van der Waals surface area (Å²) in [6.07, 6.45) is 1.01. The molecular weight excluding hydrogens is 424 g/mol. The van der Waals surface area contributed by atoms with Crippen molar-refractivity contribution in [3.8, 4) is 11.4 Å². The maximum absolute atomic E-state index is 14.5. The summed E-state index contributed by atoms with van der Waals surface area (Å²) in [5, 5.41) is 6.83. The lowest BCUT2D eigenvalue weighted by Crippen LogP contribution is -2.46. The normalized spacial score (nSPS) is 20.7. The second-order valence-electron chi connectivity index (χ2n) is 7.12. The van der Waals surface area contributed by atoms with Gasteiger partial charge < -0.3 is 24.9 Å². The van der Waals surface area contributed by atoms with Crippen LogP contribution in [0.25, 0.3) is 16.9 Å². The van der Waals surface area contributed by atoms with Crippen molar-refractivity contribution in [2.24, 2.45) is 5.73 Å². The lowest BCUT2D eigenvalue weighted by Gasteiger charge is -2.33. The van der Waals surface area contributed by atoms with Gasteiger partial charge in [0.15, 0.2) is 0 Å². The number of rotatable bonds is 5. The van der Waals surface area contributed by atoms with Gasteiger partial charge in [-0.05, 0) is 31.7 Å². The minimum absolute atomic E-state index is 0.0134. The van der Waals surface area contributed by atoms with Crippen molar-refractivity contribution in [2.75, 3.05) is 25.5 Å². The van der Waals surface area contributed by atoms with E-state index < -0.39 is 17.7 Å². The third kappa shape index (κ3) is 4.25. The van der Waals surface area contributed by atoms with E-state index in [9.17, 15) is 17.6 Å². The van der Waals surface area contributed by atoms with Crippen molar-refractivity contribution in [1.29, 1.82) is 0 Å². The zero-order valence-corrected chi connectivity index (χ0v) is 16.8. The van der Waals surface area contributed by atoms with Gasteiger partial charge in [0.1, 0.15) is 6.17 Å². The fraction of sp³-hybridized carbons (Fsp3) is 0.444. The van der Waals surface area contributed by atoms with Gasteiger partial charge in [-0.2, -0.15) is 18.2 Å². The van der Waals surface area contributed by atoms with Crippen LogP contribution in [0.5, 0.6) is 0 Å². The Morgan fingerprint density at radius 1 is 1.40 bits per heavy atom. The molecule has 1 aliphatic rings. The van der Waals surface area contributed by atoms with Gasteiger partial charge in [0.05, 0.1) is 34.4 Å². The number of fused-ring (bicyclic) bond motifs is 1. The van der Waals surface area contributed by atoms with Crippen LogP contribution in [0.1, 0.15) is 12.3 Å². The highest BCUT2D eigenvalue weighted by atomic mass is 32.2. The van der Waals surface area contributed by atoms with Gasteiger partial charge in [-0.3, -0.25) is 0 Å². The second-order valence-corrected chi connectivity index (χ2v) is 8.18. The number of hydrogen-bond acceptors (Lipinski definition) is 7. The Morgan fingerprint density at radius 2 is 2.20 bits per heavy atom. The molecular formula is C18H20F4N6OS. The van der Waals surface area contributed by atoms with Crippen LogP contribution >= 0.6 is 11.8 Å². The molecule has 1 saturated heterocycles. The van der Waals surface area contributed by atoms with Gasteiger partial charge in [-0.1, -0.05) is 5.16 Å². The van der Waals surface area contributed by atoms with Gasteiger partial charge in [-0.15, -0.1) is 0 Å². The van der Waals surface area contributed by atoms with Crippen molar-refractivity contribution in [1.82, 2.24) is 19.4 Å². The number of pyridine rings is 1. The van der Waals surface area contributed by atoms with Crippen molar-refractivity contribution >= 4 is 23.0 Å². The molecule has 3 aromatic heterocycles.